The summed E-state index contributed by atoms with van der Waals surface area (Å²) in [6, 6.07) is 6.90. The average Bonchev–Trinajstić information content (AvgIpc) is 2.70. The largest absolute Gasteiger partial charge is 0.317 e. The molecule has 2 fully saturated rings. The molecule has 1 N–H and O–H groups in total. The van der Waals surface area contributed by atoms with Gasteiger partial charge in [-0.05, 0) is 61.4 Å². The number of rotatable bonds is 1. The second kappa shape index (κ2) is 4.17. The van der Waals surface area contributed by atoms with Gasteiger partial charge in [0.25, 0.3) is 0 Å². The van der Waals surface area contributed by atoms with E-state index in [0.717, 1.165) is 25.9 Å². The highest BCUT2D eigenvalue weighted by molar-refractivity contribution is 5.97. The maximum atomic E-state index is 12.3. The summed E-state index contributed by atoms with van der Waals surface area (Å²) in [7, 11) is 0. The first kappa shape index (κ1) is 11.7. The molecule has 1 aliphatic heterocycles. The normalized spacial score (nSPS) is 25.4. The third kappa shape index (κ3) is 1.62. The lowest BCUT2D eigenvalue weighted by Crippen LogP contribution is -2.39. The number of hydrogen-bond donors (Lipinski definition) is 1. The van der Waals surface area contributed by atoms with Crippen molar-refractivity contribution in [3.05, 3.63) is 34.9 Å². The third-order valence-electron chi connectivity index (χ3n) is 5.55. The van der Waals surface area contributed by atoms with Crippen LogP contribution >= 0.6 is 0 Å². The zero-order valence-corrected chi connectivity index (χ0v) is 11.4. The van der Waals surface area contributed by atoms with E-state index in [1.807, 2.05) is 0 Å². The van der Waals surface area contributed by atoms with Crippen molar-refractivity contribution in [2.45, 2.75) is 49.9 Å². The second-order valence-corrected chi connectivity index (χ2v) is 6.48. The molecule has 0 bridgehead atoms. The van der Waals surface area contributed by atoms with Crippen LogP contribution in [0.25, 0.3) is 0 Å². The maximum absolute atomic E-state index is 12.3. The van der Waals surface area contributed by atoms with Gasteiger partial charge in [-0.25, -0.2) is 0 Å². The molecule has 4 rings (SSSR count). The van der Waals surface area contributed by atoms with Gasteiger partial charge in [-0.1, -0.05) is 24.6 Å². The molecule has 0 unspecified atom stereocenters. The summed E-state index contributed by atoms with van der Waals surface area (Å²) in [6.07, 6.45) is 6.56. The van der Waals surface area contributed by atoms with Crippen LogP contribution in [-0.2, 0) is 16.6 Å². The molecule has 0 radical (unpaired) electrons. The highest BCUT2D eigenvalue weighted by Crippen LogP contribution is 2.51. The van der Waals surface area contributed by atoms with Gasteiger partial charge < -0.3 is 5.32 Å². The van der Waals surface area contributed by atoms with Gasteiger partial charge in [0.15, 0.2) is 0 Å². The van der Waals surface area contributed by atoms with E-state index in [4.69, 9.17) is 0 Å². The monoisotopic (exact) mass is 255 g/mol. The van der Waals surface area contributed by atoms with Crippen LogP contribution in [0, 0.1) is 0 Å². The Hall–Kier alpha value is -1.15. The van der Waals surface area contributed by atoms with E-state index >= 15 is 0 Å². The van der Waals surface area contributed by atoms with Gasteiger partial charge >= 0.3 is 0 Å². The quantitative estimate of drug-likeness (QED) is 0.836. The Kier molecular flexibility index (Phi) is 2.56. The molecule has 2 aliphatic carbocycles. The summed E-state index contributed by atoms with van der Waals surface area (Å²) < 4.78 is 0. The van der Waals surface area contributed by atoms with Crippen LogP contribution in [-0.4, -0.2) is 18.9 Å². The third-order valence-corrected chi connectivity index (χ3v) is 5.55. The summed E-state index contributed by atoms with van der Waals surface area (Å²) in [6.45, 7) is 2.26. The highest BCUT2D eigenvalue weighted by Gasteiger charge is 2.50. The lowest BCUT2D eigenvalue weighted by molar-refractivity contribution is -0.125. The predicted molar refractivity (Wildman–Crippen MR) is 75.5 cm³/mol. The Morgan fingerprint density at radius 2 is 1.95 bits per heavy atom. The van der Waals surface area contributed by atoms with E-state index in [1.54, 1.807) is 0 Å². The SMILES string of the molecule is O=C1Cc2ccc(C3CCNCC3)cc2C12CCC2. The summed E-state index contributed by atoms with van der Waals surface area (Å²) in [5.74, 6) is 1.18. The minimum Gasteiger partial charge on any atom is -0.317 e. The first-order valence-electron chi connectivity index (χ1n) is 7.67. The number of carbonyl (C=O) groups excluding carboxylic acids is 1. The first-order valence-corrected chi connectivity index (χ1v) is 7.67. The van der Waals surface area contributed by atoms with Gasteiger partial charge in [-0.3, -0.25) is 4.79 Å². The summed E-state index contributed by atoms with van der Waals surface area (Å²) >= 11 is 0. The number of benzene rings is 1. The van der Waals surface area contributed by atoms with Crippen LogP contribution in [0.2, 0.25) is 0 Å². The number of fused-ring (bicyclic) bond motifs is 2. The molecule has 2 heteroatoms. The van der Waals surface area contributed by atoms with E-state index in [1.165, 1.54) is 36.0 Å². The number of ketones is 1. The molecule has 1 aromatic carbocycles. The van der Waals surface area contributed by atoms with Crippen LogP contribution in [0.5, 0.6) is 0 Å². The topological polar surface area (TPSA) is 29.1 Å². The van der Waals surface area contributed by atoms with Crippen LogP contribution in [0.15, 0.2) is 18.2 Å². The fourth-order valence-electron chi connectivity index (χ4n) is 4.17. The van der Waals surface area contributed by atoms with Crippen molar-refractivity contribution >= 4 is 5.78 Å². The van der Waals surface area contributed by atoms with Crippen molar-refractivity contribution in [2.24, 2.45) is 0 Å². The average molecular weight is 255 g/mol. The van der Waals surface area contributed by atoms with Crippen LogP contribution < -0.4 is 5.32 Å². The molecular weight excluding hydrogens is 234 g/mol. The fourth-order valence-corrected chi connectivity index (χ4v) is 4.17. The molecular formula is C17H21NO. The predicted octanol–water partition coefficient (Wildman–Crippen LogP) is 2.70. The molecule has 0 atom stereocenters. The number of nitrogens with one attached hydrogen (secondary N) is 1. The number of hydrogen-bond acceptors (Lipinski definition) is 2. The number of piperidine rings is 1. The first-order chi connectivity index (χ1) is 9.29. The molecule has 1 spiro atoms. The fraction of sp³-hybridized carbons (Fsp3) is 0.588. The zero-order valence-electron chi connectivity index (χ0n) is 11.4. The van der Waals surface area contributed by atoms with Crippen LogP contribution in [0.4, 0.5) is 0 Å². The molecule has 100 valence electrons. The van der Waals surface area contributed by atoms with Crippen molar-refractivity contribution in [3.8, 4) is 0 Å². The molecule has 3 aliphatic rings. The Morgan fingerprint density at radius 1 is 1.16 bits per heavy atom. The molecule has 1 saturated carbocycles. The molecule has 1 aromatic rings. The standard InChI is InChI=1S/C17H21NO/c19-16-11-14-3-2-13(12-4-8-18-9-5-12)10-15(14)17(16)6-1-7-17/h2-3,10,12,18H,1,4-9,11H2. The van der Waals surface area contributed by atoms with E-state index in [9.17, 15) is 4.79 Å². The molecule has 19 heavy (non-hydrogen) atoms. The molecule has 2 nitrogen and oxygen atoms in total. The van der Waals surface area contributed by atoms with Crippen molar-refractivity contribution in [1.82, 2.24) is 5.32 Å². The molecule has 1 saturated heterocycles. The summed E-state index contributed by atoms with van der Waals surface area (Å²) in [5.41, 5.74) is 4.11. The zero-order chi connectivity index (χ0) is 12.9. The Labute approximate surface area is 114 Å². The van der Waals surface area contributed by atoms with Crippen molar-refractivity contribution in [3.63, 3.8) is 0 Å². The smallest absolute Gasteiger partial charge is 0.147 e. The van der Waals surface area contributed by atoms with Gasteiger partial charge in [0.05, 0.1) is 5.41 Å². The van der Waals surface area contributed by atoms with E-state index in [-0.39, 0.29) is 5.41 Å². The highest BCUT2D eigenvalue weighted by atomic mass is 16.1. The van der Waals surface area contributed by atoms with E-state index < -0.39 is 0 Å². The maximum Gasteiger partial charge on any atom is 0.147 e. The van der Waals surface area contributed by atoms with Crippen LogP contribution in [0.1, 0.15) is 54.7 Å². The summed E-state index contributed by atoms with van der Waals surface area (Å²) in [5, 5.41) is 3.43. The minimum atomic E-state index is -0.0573. The lowest BCUT2D eigenvalue weighted by atomic mass is 9.64. The Morgan fingerprint density at radius 3 is 2.63 bits per heavy atom. The van der Waals surface area contributed by atoms with Gasteiger partial charge in [0.1, 0.15) is 5.78 Å². The summed E-state index contributed by atoms with van der Waals surface area (Å²) in [4.78, 5) is 12.3. The minimum absolute atomic E-state index is 0.0573. The molecule has 1 heterocycles. The van der Waals surface area contributed by atoms with Crippen molar-refractivity contribution < 1.29 is 4.79 Å². The van der Waals surface area contributed by atoms with Gasteiger partial charge in [0.2, 0.25) is 0 Å². The van der Waals surface area contributed by atoms with E-state index in [0.29, 0.717) is 18.1 Å². The van der Waals surface area contributed by atoms with E-state index in [2.05, 4.69) is 23.5 Å². The van der Waals surface area contributed by atoms with Gasteiger partial charge in [-0.15, -0.1) is 0 Å². The Balaban J connectivity index is 1.72. The van der Waals surface area contributed by atoms with Crippen LogP contribution in [0.3, 0.4) is 0 Å². The Bertz CT molecular complexity index is 524. The van der Waals surface area contributed by atoms with Gasteiger partial charge in [-0.2, -0.15) is 0 Å². The number of carbonyl (C=O) groups is 1. The molecule has 0 amide bonds. The van der Waals surface area contributed by atoms with Gasteiger partial charge in [0, 0.05) is 6.42 Å². The van der Waals surface area contributed by atoms with Crippen molar-refractivity contribution in [2.75, 3.05) is 13.1 Å². The molecule has 0 aromatic heterocycles. The number of Topliss-reactive ketones (excluding diaryl/α,β-unsaturated/α-hetero) is 1. The lowest BCUT2D eigenvalue weighted by Gasteiger charge is -2.38. The second-order valence-electron chi connectivity index (χ2n) is 6.48. The van der Waals surface area contributed by atoms with Crippen molar-refractivity contribution in [1.29, 1.82) is 0 Å².